The average molecular weight is 326 g/mol. The fourth-order valence-corrected chi connectivity index (χ4v) is 1.90. The third-order valence-electron chi connectivity index (χ3n) is 3.10. The number of piperazine rings is 1. The van der Waals surface area contributed by atoms with E-state index in [0.717, 1.165) is 38.5 Å². The number of benzene rings is 1. The quantitative estimate of drug-likeness (QED) is 0.840. The molecule has 0 saturated carbocycles. The molecule has 0 spiro atoms. The molecule has 1 heterocycles. The van der Waals surface area contributed by atoms with E-state index in [-0.39, 0.29) is 11.4 Å². The molecule has 1 saturated heterocycles. The van der Waals surface area contributed by atoms with E-state index < -0.39 is 0 Å². The number of hydrogen-bond acceptors (Lipinski definition) is 5. The summed E-state index contributed by atoms with van der Waals surface area (Å²) in [5.74, 6) is 0.506. The molecular formula is C17H27FN2O3. The maximum absolute atomic E-state index is 12.6. The zero-order valence-corrected chi connectivity index (χ0v) is 14.2. The summed E-state index contributed by atoms with van der Waals surface area (Å²) >= 11 is 0. The van der Waals surface area contributed by atoms with Crippen molar-refractivity contribution in [2.75, 3.05) is 39.3 Å². The van der Waals surface area contributed by atoms with E-state index in [1.165, 1.54) is 12.1 Å². The van der Waals surface area contributed by atoms with Crippen LogP contribution in [-0.2, 0) is 9.53 Å². The van der Waals surface area contributed by atoms with Crippen molar-refractivity contribution in [1.82, 2.24) is 10.2 Å². The summed E-state index contributed by atoms with van der Waals surface area (Å²) in [4.78, 5) is 12.0. The van der Waals surface area contributed by atoms with E-state index in [1.54, 1.807) is 12.1 Å². The second-order valence-corrected chi connectivity index (χ2v) is 6.22. The molecule has 0 bridgehead atoms. The van der Waals surface area contributed by atoms with Crippen LogP contribution in [0.25, 0.3) is 0 Å². The first-order valence-corrected chi connectivity index (χ1v) is 7.83. The lowest BCUT2D eigenvalue weighted by molar-refractivity contribution is -0.138. The fourth-order valence-electron chi connectivity index (χ4n) is 1.90. The zero-order valence-electron chi connectivity index (χ0n) is 14.2. The Hall–Kier alpha value is -1.66. The van der Waals surface area contributed by atoms with E-state index >= 15 is 0 Å². The third kappa shape index (κ3) is 9.86. The third-order valence-corrected chi connectivity index (χ3v) is 3.10. The highest BCUT2D eigenvalue weighted by molar-refractivity contribution is 5.37. The summed E-state index contributed by atoms with van der Waals surface area (Å²) < 4.78 is 22.7. The second-order valence-electron chi connectivity index (χ2n) is 6.22. The van der Waals surface area contributed by atoms with Crippen molar-refractivity contribution < 1.29 is 18.7 Å². The lowest BCUT2D eigenvalue weighted by atomic mass is 10.2. The van der Waals surface area contributed by atoms with E-state index in [9.17, 15) is 9.18 Å². The largest absolute Gasteiger partial charge is 0.492 e. The molecule has 5 nitrogen and oxygen atoms in total. The highest BCUT2D eigenvalue weighted by atomic mass is 19.1. The van der Waals surface area contributed by atoms with Crippen LogP contribution in [0.4, 0.5) is 4.39 Å². The monoisotopic (exact) mass is 326 g/mol. The van der Waals surface area contributed by atoms with Gasteiger partial charge in [0.05, 0.1) is 0 Å². The van der Waals surface area contributed by atoms with Crippen molar-refractivity contribution in [3.8, 4) is 5.75 Å². The van der Waals surface area contributed by atoms with Gasteiger partial charge in [-0.15, -0.1) is 0 Å². The highest BCUT2D eigenvalue weighted by Crippen LogP contribution is 2.10. The number of nitrogens with zero attached hydrogens (tertiary/aromatic N) is 1. The minimum atomic E-state index is -0.318. The van der Waals surface area contributed by atoms with Crippen molar-refractivity contribution >= 4 is 6.47 Å². The number of hydrogen-bond donors (Lipinski definition) is 1. The first kappa shape index (κ1) is 19.4. The normalized spacial score (nSPS) is 15.3. The molecule has 130 valence electrons. The van der Waals surface area contributed by atoms with Gasteiger partial charge in [-0.1, -0.05) is 0 Å². The van der Waals surface area contributed by atoms with Crippen LogP contribution in [0.5, 0.6) is 5.75 Å². The van der Waals surface area contributed by atoms with E-state index in [2.05, 4.69) is 15.0 Å². The number of carbonyl (C=O) groups excluding carboxylic acids is 1. The molecule has 0 aromatic heterocycles. The molecular weight excluding hydrogens is 299 g/mol. The van der Waals surface area contributed by atoms with Gasteiger partial charge in [0, 0.05) is 32.7 Å². The summed E-state index contributed by atoms with van der Waals surface area (Å²) in [6, 6.07) is 6.15. The van der Waals surface area contributed by atoms with Crippen molar-refractivity contribution in [3.05, 3.63) is 30.1 Å². The predicted molar refractivity (Wildman–Crippen MR) is 88.1 cm³/mol. The maximum atomic E-state index is 12.6. The number of rotatable bonds is 5. The number of carbonyl (C=O) groups is 1. The number of nitrogens with one attached hydrogen (secondary N) is 1. The lowest BCUT2D eigenvalue weighted by Gasteiger charge is -2.26. The van der Waals surface area contributed by atoms with Crippen molar-refractivity contribution in [2.24, 2.45) is 0 Å². The van der Waals surface area contributed by atoms with Gasteiger partial charge in [0.25, 0.3) is 6.47 Å². The molecule has 23 heavy (non-hydrogen) atoms. The van der Waals surface area contributed by atoms with Crippen LogP contribution in [0.2, 0.25) is 0 Å². The first-order chi connectivity index (χ1) is 10.9. The Kier molecular flexibility index (Phi) is 8.58. The molecule has 1 fully saturated rings. The number of halogens is 1. The molecule has 6 heteroatoms. The van der Waals surface area contributed by atoms with Crippen LogP contribution in [0.1, 0.15) is 20.8 Å². The van der Waals surface area contributed by atoms with Gasteiger partial charge in [0.2, 0.25) is 0 Å². The van der Waals surface area contributed by atoms with Gasteiger partial charge < -0.3 is 14.8 Å². The SMILES string of the molecule is CC(C)(C)OC=O.Fc1ccc(OCCN2CCNCC2)cc1. The Balaban J connectivity index is 0.000000322. The van der Waals surface area contributed by atoms with Gasteiger partial charge in [-0.3, -0.25) is 9.69 Å². The molecule has 0 atom stereocenters. The molecule has 0 aliphatic carbocycles. The van der Waals surface area contributed by atoms with Crippen molar-refractivity contribution in [1.29, 1.82) is 0 Å². The van der Waals surface area contributed by atoms with E-state index in [0.29, 0.717) is 13.1 Å². The summed E-state index contributed by atoms with van der Waals surface area (Å²) in [6.07, 6.45) is 0. The van der Waals surface area contributed by atoms with E-state index in [1.807, 2.05) is 20.8 Å². The van der Waals surface area contributed by atoms with Crippen LogP contribution in [-0.4, -0.2) is 56.3 Å². The smallest absolute Gasteiger partial charge is 0.293 e. The second kappa shape index (κ2) is 10.2. The molecule has 1 aliphatic heterocycles. The van der Waals surface area contributed by atoms with Gasteiger partial charge in [-0.25, -0.2) is 4.39 Å². The van der Waals surface area contributed by atoms with Gasteiger partial charge in [-0.2, -0.15) is 0 Å². The Morgan fingerprint density at radius 1 is 1.22 bits per heavy atom. The van der Waals surface area contributed by atoms with Crippen LogP contribution >= 0.6 is 0 Å². The fraction of sp³-hybridized carbons (Fsp3) is 0.588. The van der Waals surface area contributed by atoms with Crippen molar-refractivity contribution in [2.45, 2.75) is 26.4 Å². The molecule has 1 aromatic carbocycles. The molecule has 2 rings (SSSR count). The van der Waals surface area contributed by atoms with Crippen LogP contribution < -0.4 is 10.1 Å². The topological polar surface area (TPSA) is 50.8 Å². The summed E-state index contributed by atoms with van der Waals surface area (Å²) in [6.45, 7) is 11.8. The maximum Gasteiger partial charge on any atom is 0.293 e. The minimum absolute atomic E-state index is 0.227. The van der Waals surface area contributed by atoms with Crippen LogP contribution in [0.3, 0.4) is 0 Å². The molecule has 0 amide bonds. The van der Waals surface area contributed by atoms with Gasteiger partial charge >= 0.3 is 0 Å². The minimum Gasteiger partial charge on any atom is -0.492 e. The first-order valence-electron chi connectivity index (χ1n) is 7.83. The van der Waals surface area contributed by atoms with Crippen LogP contribution in [0, 0.1) is 5.82 Å². The highest BCUT2D eigenvalue weighted by Gasteiger charge is 2.08. The van der Waals surface area contributed by atoms with Gasteiger partial charge in [0.1, 0.15) is 23.8 Å². The van der Waals surface area contributed by atoms with Crippen LogP contribution in [0.15, 0.2) is 24.3 Å². The lowest BCUT2D eigenvalue weighted by Crippen LogP contribution is -2.44. The van der Waals surface area contributed by atoms with Crippen molar-refractivity contribution in [3.63, 3.8) is 0 Å². The summed E-state index contributed by atoms with van der Waals surface area (Å²) in [5, 5.41) is 3.30. The Labute approximate surface area is 137 Å². The summed E-state index contributed by atoms with van der Waals surface area (Å²) in [5.41, 5.74) is -0.318. The Bertz CT molecular complexity index is 440. The number of ether oxygens (including phenoxy) is 2. The van der Waals surface area contributed by atoms with E-state index in [4.69, 9.17) is 4.74 Å². The standard InChI is InChI=1S/C12H17FN2O.C5H10O2/c13-11-1-3-12(4-2-11)16-10-9-15-7-5-14-6-8-15;1-5(2,3)7-4-6/h1-4,14H,5-10H2;4H,1-3H3. The molecule has 1 N–H and O–H groups in total. The zero-order chi connectivity index (χ0) is 17.1. The summed E-state index contributed by atoms with van der Waals surface area (Å²) in [7, 11) is 0. The predicted octanol–water partition coefficient (Wildman–Crippen LogP) is 2.07. The molecule has 0 unspecified atom stereocenters. The Morgan fingerprint density at radius 3 is 2.30 bits per heavy atom. The average Bonchev–Trinajstić information content (AvgIpc) is 2.50. The molecule has 1 aliphatic rings. The van der Waals surface area contributed by atoms with Gasteiger partial charge in [0.15, 0.2) is 0 Å². The Morgan fingerprint density at radius 2 is 1.83 bits per heavy atom. The molecule has 1 aromatic rings. The molecule has 0 radical (unpaired) electrons. The van der Waals surface area contributed by atoms with Gasteiger partial charge in [-0.05, 0) is 45.0 Å².